The van der Waals surface area contributed by atoms with Gasteiger partial charge in [-0.15, -0.1) is 0 Å². The summed E-state index contributed by atoms with van der Waals surface area (Å²) in [5, 5.41) is 5.23. The van der Waals surface area contributed by atoms with E-state index in [-0.39, 0.29) is 29.6 Å². The zero-order chi connectivity index (χ0) is 23.8. The van der Waals surface area contributed by atoms with E-state index >= 15 is 0 Å². The summed E-state index contributed by atoms with van der Waals surface area (Å²) in [5.74, 6) is -0.629. The molecule has 3 rings (SSSR count). The predicted molar refractivity (Wildman–Crippen MR) is 129 cm³/mol. The second kappa shape index (κ2) is 10.6. The number of sulfonamides is 1. The molecule has 0 radical (unpaired) electrons. The lowest BCUT2D eigenvalue weighted by Gasteiger charge is -2.13. The molecule has 33 heavy (non-hydrogen) atoms. The van der Waals surface area contributed by atoms with Crippen molar-refractivity contribution in [2.75, 3.05) is 29.4 Å². The van der Waals surface area contributed by atoms with E-state index in [1.807, 2.05) is 42.5 Å². The van der Waals surface area contributed by atoms with Gasteiger partial charge in [0, 0.05) is 17.3 Å². The number of carbonyl (C=O) groups excluding carboxylic acids is 2. The molecule has 9 heteroatoms. The van der Waals surface area contributed by atoms with Gasteiger partial charge in [-0.05, 0) is 42.3 Å². The molecule has 0 aliphatic heterocycles. The van der Waals surface area contributed by atoms with Crippen LogP contribution in [0.3, 0.4) is 0 Å². The molecular weight excluding hydrogens is 442 g/mol. The van der Waals surface area contributed by atoms with Crippen molar-refractivity contribution in [2.45, 2.75) is 6.92 Å². The molecule has 3 N–H and O–H groups in total. The van der Waals surface area contributed by atoms with Gasteiger partial charge in [0.25, 0.3) is 5.91 Å². The van der Waals surface area contributed by atoms with E-state index in [9.17, 15) is 18.0 Å². The van der Waals surface area contributed by atoms with Gasteiger partial charge in [0.2, 0.25) is 15.9 Å². The van der Waals surface area contributed by atoms with Gasteiger partial charge in [-0.3, -0.25) is 14.3 Å². The van der Waals surface area contributed by atoms with E-state index in [0.717, 1.165) is 11.1 Å². The van der Waals surface area contributed by atoms with Crippen molar-refractivity contribution < 1.29 is 22.7 Å². The second-order valence-corrected chi connectivity index (χ2v) is 9.11. The van der Waals surface area contributed by atoms with E-state index in [0.29, 0.717) is 11.3 Å². The first-order valence-corrected chi connectivity index (χ1v) is 11.9. The van der Waals surface area contributed by atoms with Crippen LogP contribution in [0.2, 0.25) is 0 Å². The molecule has 0 saturated heterocycles. The third kappa shape index (κ3) is 6.56. The van der Waals surface area contributed by atoms with Crippen molar-refractivity contribution in [2.24, 2.45) is 0 Å². The van der Waals surface area contributed by atoms with Gasteiger partial charge >= 0.3 is 0 Å². The van der Waals surface area contributed by atoms with Crippen LogP contribution >= 0.6 is 0 Å². The Balaban J connectivity index is 1.57. The second-order valence-electron chi connectivity index (χ2n) is 7.09. The largest absolute Gasteiger partial charge is 0.494 e. The monoisotopic (exact) mass is 467 g/mol. The maximum atomic E-state index is 12.4. The number of carbonyl (C=O) groups is 2. The average molecular weight is 468 g/mol. The van der Waals surface area contributed by atoms with Crippen molar-refractivity contribution in [1.82, 2.24) is 5.32 Å². The molecule has 2 amide bonds. The molecule has 0 unspecified atom stereocenters. The Morgan fingerprint density at radius 1 is 0.909 bits per heavy atom. The minimum Gasteiger partial charge on any atom is -0.494 e. The minimum atomic E-state index is -3.47. The Morgan fingerprint density at radius 2 is 1.58 bits per heavy atom. The van der Waals surface area contributed by atoms with Crippen LogP contribution in [-0.2, 0) is 14.8 Å². The van der Waals surface area contributed by atoms with Gasteiger partial charge in [0.05, 0.1) is 25.1 Å². The Labute approximate surface area is 193 Å². The fourth-order valence-electron chi connectivity index (χ4n) is 3.01. The molecule has 0 bridgehead atoms. The smallest absolute Gasteiger partial charge is 0.251 e. The summed E-state index contributed by atoms with van der Waals surface area (Å²) in [6, 6.07) is 21.4. The molecule has 0 spiro atoms. The molecule has 8 nitrogen and oxygen atoms in total. The zero-order valence-electron chi connectivity index (χ0n) is 18.3. The normalized spacial score (nSPS) is 10.8. The molecule has 0 atom stereocenters. The van der Waals surface area contributed by atoms with Crippen LogP contribution < -0.4 is 20.1 Å². The third-order valence-electron chi connectivity index (χ3n) is 4.79. The van der Waals surface area contributed by atoms with E-state index in [2.05, 4.69) is 15.4 Å². The lowest BCUT2D eigenvalue weighted by Crippen LogP contribution is -2.32. The molecular formula is C24H25N3O5S. The maximum Gasteiger partial charge on any atom is 0.251 e. The Morgan fingerprint density at radius 3 is 2.21 bits per heavy atom. The zero-order valence-corrected chi connectivity index (χ0v) is 19.1. The van der Waals surface area contributed by atoms with E-state index < -0.39 is 15.9 Å². The van der Waals surface area contributed by atoms with Gasteiger partial charge in [-0.25, -0.2) is 8.42 Å². The fraction of sp³-hybridized carbons (Fsp3) is 0.167. The minimum absolute atomic E-state index is 0.0800. The number of benzene rings is 3. The maximum absolute atomic E-state index is 12.4. The average Bonchev–Trinajstić information content (AvgIpc) is 2.84. The number of ether oxygens (including phenoxy) is 1. The Hall–Kier alpha value is -3.85. The van der Waals surface area contributed by atoms with Crippen LogP contribution in [0.4, 0.5) is 11.4 Å². The van der Waals surface area contributed by atoms with Crippen molar-refractivity contribution in [3.8, 4) is 16.9 Å². The summed E-state index contributed by atoms with van der Waals surface area (Å²) in [7, 11) is -2.07. The van der Waals surface area contributed by atoms with Crippen molar-refractivity contribution >= 4 is 33.2 Å². The number of amides is 2. The van der Waals surface area contributed by atoms with Crippen LogP contribution in [0.5, 0.6) is 5.75 Å². The summed E-state index contributed by atoms with van der Waals surface area (Å²) in [4.78, 5) is 24.6. The number of methoxy groups -OCH3 is 1. The van der Waals surface area contributed by atoms with Crippen LogP contribution in [-0.4, -0.2) is 39.6 Å². The van der Waals surface area contributed by atoms with Crippen molar-refractivity contribution in [3.05, 3.63) is 78.4 Å². The lowest BCUT2D eigenvalue weighted by molar-refractivity contribution is -0.115. The van der Waals surface area contributed by atoms with E-state index in [4.69, 9.17) is 4.74 Å². The molecule has 3 aromatic carbocycles. The Bertz CT molecular complexity index is 1230. The number of rotatable bonds is 9. The van der Waals surface area contributed by atoms with Gasteiger partial charge in [0.1, 0.15) is 5.75 Å². The Kier molecular flexibility index (Phi) is 7.68. The quantitative estimate of drug-likeness (QED) is 0.446. The van der Waals surface area contributed by atoms with Crippen LogP contribution in [0.25, 0.3) is 11.1 Å². The molecule has 0 fully saturated rings. The fourth-order valence-corrected chi connectivity index (χ4v) is 3.65. The highest BCUT2D eigenvalue weighted by atomic mass is 32.2. The standard InChI is InChI=1S/C24H25N3O5S/c1-3-33(30,31)27-21-14-13-20(15-22(21)32-2)26-23(28)16-25-24(29)19-11-9-18(10-12-19)17-7-5-4-6-8-17/h4-15,27H,3,16H2,1-2H3,(H,25,29)(H,26,28). The number of hydrogen-bond acceptors (Lipinski definition) is 5. The predicted octanol–water partition coefficient (Wildman–Crippen LogP) is 3.49. The van der Waals surface area contributed by atoms with Crippen molar-refractivity contribution in [3.63, 3.8) is 0 Å². The molecule has 0 heterocycles. The van der Waals surface area contributed by atoms with Crippen molar-refractivity contribution in [1.29, 1.82) is 0 Å². The highest BCUT2D eigenvalue weighted by Gasteiger charge is 2.13. The van der Waals surface area contributed by atoms with Crippen LogP contribution in [0.1, 0.15) is 17.3 Å². The summed E-state index contributed by atoms with van der Waals surface area (Å²) < 4.78 is 31.2. The van der Waals surface area contributed by atoms with Gasteiger partial charge in [-0.2, -0.15) is 0 Å². The SMILES string of the molecule is CCS(=O)(=O)Nc1ccc(NC(=O)CNC(=O)c2ccc(-c3ccccc3)cc2)cc1OC. The number of anilines is 2. The molecule has 172 valence electrons. The third-order valence-corrected chi connectivity index (χ3v) is 6.09. The van der Waals surface area contributed by atoms with Crippen LogP contribution in [0.15, 0.2) is 72.8 Å². The first-order chi connectivity index (χ1) is 15.8. The first kappa shape index (κ1) is 23.8. The van der Waals surface area contributed by atoms with Gasteiger partial charge in [-0.1, -0.05) is 42.5 Å². The first-order valence-electron chi connectivity index (χ1n) is 10.2. The van der Waals surface area contributed by atoms with Crippen LogP contribution in [0, 0.1) is 0 Å². The highest BCUT2D eigenvalue weighted by molar-refractivity contribution is 7.92. The summed E-state index contributed by atoms with van der Waals surface area (Å²) in [6.07, 6.45) is 0. The van der Waals surface area contributed by atoms with E-state index in [1.54, 1.807) is 12.1 Å². The molecule has 0 aliphatic carbocycles. The lowest BCUT2D eigenvalue weighted by atomic mass is 10.0. The molecule has 0 aromatic heterocycles. The van der Waals surface area contributed by atoms with Gasteiger partial charge < -0.3 is 15.4 Å². The highest BCUT2D eigenvalue weighted by Crippen LogP contribution is 2.28. The number of hydrogen-bond donors (Lipinski definition) is 3. The summed E-state index contributed by atoms with van der Waals surface area (Å²) in [6.45, 7) is 1.29. The number of nitrogens with one attached hydrogen (secondary N) is 3. The topological polar surface area (TPSA) is 114 Å². The summed E-state index contributed by atoms with van der Waals surface area (Å²) >= 11 is 0. The van der Waals surface area contributed by atoms with E-state index in [1.165, 1.54) is 32.2 Å². The molecule has 0 saturated carbocycles. The molecule has 3 aromatic rings. The van der Waals surface area contributed by atoms with Gasteiger partial charge in [0.15, 0.2) is 0 Å². The molecule has 0 aliphatic rings. The summed E-state index contributed by atoms with van der Waals surface area (Å²) in [5.41, 5.74) is 3.15.